The highest BCUT2D eigenvalue weighted by atomic mass is 32.2. The number of hydrogen-bond donors (Lipinski definition) is 0. The van der Waals surface area contributed by atoms with E-state index >= 15 is 0 Å². The van der Waals surface area contributed by atoms with Gasteiger partial charge >= 0.3 is 0 Å². The Kier molecular flexibility index (Phi) is 4.95. The van der Waals surface area contributed by atoms with Crippen LogP contribution in [0, 0.1) is 0 Å². The minimum atomic E-state index is -1.19. The molecular formula is C13H18O2S2. The first kappa shape index (κ1) is 14.5. The third-order valence-corrected chi connectivity index (χ3v) is 5.84. The molecule has 2 nitrogen and oxygen atoms in total. The van der Waals surface area contributed by atoms with Crippen molar-refractivity contribution in [2.75, 3.05) is 6.26 Å². The van der Waals surface area contributed by atoms with E-state index in [2.05, 4.69) is 0 Å². The van der Waals surface area contributed by atoms with E-state index in [1.807, 2.05) is 45.2 Å². The van der Waals surface area contributed by atoms with Crippen molar-refractivity contribution >= 4 is 28.3 Å². The third kappa shape index (κ3) is 3.68. The summed E-state index contributed by atoms with van der Waals surface area (Å²) in [6.45, 7) is 5.68. The molecule has 17 heavy (non-hydrogen) atoms. The van der Waals surface area contributed by atoms with E-state index in [1.54, 1.807) is 12.1 Å². The summed E-state index contributed by atoms with van der Waals surface area (Å²) in [7, 11) is -1.19. The Hall–Kier alpha value is -0.610. The van der Waals surface area contributed by atoms with Crippen molar-refractivity contribution in [2.45, 2.75) is 30.1 Å². The van der Waals surface area contributed by atoms with Crippen LogP contribution in [-0.4, -0.2) is 25.6 Å². The predicted octanol–water partition coefficient (Wildman–Crippen LogP) is 3.11. The number of carbonyl (C=O) groups excluding carboxylic acids is 1. The molecule has 1 rings (SSSR count). The normalized spacial score (nSPS) is 15.3. The average Bonchev–Trinajstić information content (AvgIpc) is 2.29. The number of rotatable bonds is 4. The number of thioether (sulfide) groups is 1. The fourth-order valence-corrected chi connectivity index (χ4v) is 4.24. The van der Waals surface area contributed by atoms with Gasteiger partial charge in [-0.1, -0.05) is 30.3 Å². The molecule has 0 aliphatic rings. The fraction of sp³-hybridized carbons (Fsp3) is 0.462. The second kappa shape index (κ2) is 5.83. The Bertz CT molecular complexity index is 407. The van der Waals surface area contributed by atoms with Crippen molar-refractivity contribution in [1.29, 1.82) is 0 Å². The number of carbonyl (C=O) groups is 1. The van der Waals surface area contributed by atoms with E-state index in [4.69, 9.17) is 0 Å². The maximum Gasteiger partial charge on any atom is 0.188 e. The minimum absolute atomic E-state index is 0.0497. The van der Waals surface area contributed by atoms with E-state index in [0.29, 0.717) is 5.56 Å². The summed E-state index contributed by atoms with van der Waals surface area (Å²) in [4.78, 5) is 12.3. The van der Waals surface area contributed by atoms with Gasteiger partial charge in [-0.3, -0.25) is 9.00 Å². The topological polar surface area (TPSA) is 34.1 Å². The molecule has 0 heterocycles. The van der Waals surface area contributed by atoms with Crippen molar-refractivity contribution in [3.05, 3.63) is 35.9 Å². The van der Waals surface area contributed by atoms with Crippen LogP contribution in [0.1, 0.15) is 31.1 Å². The van der Waals surface area contributed by atoms with Crippen molar-refractivity contribution < 1.29 is 9.00 Å². The van der Waals surface area contributed by atoms with E-state index in [9.17, 15) is 9.00 Å². The lowest BCUT2D eigenvalue weighted by atomic mass is 10.1. The summed E-state index contributed by atoms with van der Waals surface area (Å²) in [5.41, 5.74) is 0.629. The molecule has 0 fully saturated rings. The van der Waals surface area contributed by atoms with Gasteiger partial charge in [0.1, 0.15) is 4.58 Å². The molecule has 0 spiro atoms. The molecule has 0 N–H and O–H groups in total. The van der Waals surface area contributed by atoms with Gasteiger partial charge in [-0.25, -0.2) is 0 Å². The van der Waals surface area contributed by atoms with Crippen LogP contribution >= 0.6 is 11.8 Å². The van der Waals surface area contributed by atoms with Gasteiger partial charge in [0.05, 0.1) is 0 Å². The summed E-state index contributed by atoms with van der Waals surface area (Å²) < 4.78 is 11.4. The van der Waals surface area contributed by atoms with Crippen LogP contribution in [0.2, 0.25) is 0 Å². The summed E-state index contributed by atoms with van der Waals surface area (Å²) >= 11 is 1.36. The van der Waals surface area contributed by atoms with Crippen molar-refractivity contribution in [1.82, 2.24) is 0 Å². The second-order valence-corrected chi connectivity index (χ2v) is 8.24. The molecule has 0 aliphatic carbocycles. The predicted molar refractivity (Wildman–Crippen MR) is 76.0 cm³/mol. The van der Waals surface area contributed by atoms with Crippen LogP contribution in [0.4, 0.5) is 0 Å². The molecule has 2 atom stereocenters. The molecule has 0 aliphatic heterocycles. The lowest BCUT2D eigenvalue weighted by Crippen LogP contribution is -2.34. The Labute approximate surface area is 110 Å². The quantitative estimate of drug-likeness (QED) is 0.788. The summed E-state index contributed by atoms with van der Waals surface area (Å²) in [5, 5.41) is 0. The zero-order valence-electron chi connectivity index (χ0n) is 10.6. The first-order chi connectivity index (χ1) is 7.88. The van der Waals surface area contributed by atoms with E-state index < -0.39 is 15.4 Å². The summed E-state index contributed by atoms with van der Waals surface area (Å²) in [6, 6.07) is 9.05. The highest BCUT2D eigenvalue weighted by molar-refractivity contribution is 8.12. The van der Waals surface area contributed by atoms with Crippen LogP contribution in [0.3, 0.4) is 0 Å². The largest absolute Gasteiger partial charge is 0.292 e. The van der Waals surface area contributed by atoms with E-state index in [0.717, 1.165) is 0 Å². The molecule has 0 bridgehead atoms. The van der Waals surface area contributed by atoms with Gasteiger partial charge in [0, 0.05) is 21.1 Å². The molecule has 0 saturated carbocycles. The van der Waals surface area contributed by atoms with Gasteiger partial charge in [-0.05, 0) is 27.0 Å². The van der Waals surface area contributed by atoms with Crippen LogP contribution in [0.15, 0.2) is 30.3 Å². The number of ketones is 1. The Balaban J connectivity index is 2.97. The highest BCUT2D eigenvalue weighted by Gasteiger charge is 2.32. The maximum absolute atomic E-state index is 12.3. The summed E-state index contributed by atoms with van der Waals surface area (Å²) in [5.74, 6) is -0.0497. The SMILES string of the molecule is CSC(C(=O)c1ccccc1)S(=O)C(C)(C)C. The van der Waals surface area contributed by atoms with Crippen LogP contribution in [-0.2, 0) is 10.8 Å². The number of hydrogen-bond acceptors (Lipinski definition) is 3. The van der Waals surface area contributed by atoms with Crippen molar-refractivity contribution in [3.63, 3.8) is 0 Å². The third-order valence-electron chi connectivity index (χ3n) is 2.28. The van der Waals surface area contributed by atoms with Gasteiger partial charge in [0.25, 0.3) is 0 Å². The smallest absolute Gasteiger partial charge is 0.188 e. The van der Waals surface area contributed by atoms with Gasteiger partial charge in [-0.2, -0.15) is 0 Å². The van der Waals surface area contributed by atoms with Crippen molar-refractivity contribution in [2.24, 2.45) is 0 Å². The zero-order chi connectivity index (χ0) is 13.1. The molecule has 0 amide bonds. The number of Topliss-reactive ketones (excluding diaryl/α,β-unsaturated/α-hetero) is 1. The van der Waals surface area contributed by atoms with Crippen LogP contribution < -0.4 is 0 Å². The molecule has 2 unspecified atom stereocenters. The zero-order valence-corrected chi connectivity index (χ0v) is 12.2. The van der Waals surface area contributed by atoms with E-state index in [-0.39, 0.29) is 10.5 Å². The molecule has 0 radical (unpaired) electrons. The van der Waals surface area contributed by atoms with Gasteiger partial charge in [0.2, 0.25) is 0 Å². The molecule has 94 valence electrons. The second-order valence-electron chi connectivity index (χ2n) is 4.71. The van der Waals surface area contributed by atoms with Crippen LogP contribution in [0.5, 0.6) is 0 Å². The minimum Gasteiger partial charge on any atom is -0.292 e. The fourth-order valence-electron chi connectivity index (χ4n) is 1.35. The monoisotopic (exact) mass is 270 g/mol. The lowest BCUT2D eigenvalue weighted by Gasteiger charge is -2.23. The maximum atomic E-state index is 12.3. The van der Waals surface area contributed by atoms with Crippen molar-refractivity contribution in [3.8, 4) is 0 Å². The highest BCUT2D eigenvalue weighted by Crippen LogP contribution is 2.25. The molecule has 1 aromatic rings. The molecule has 0 saturated heterocycles. The Morgan fingerprint density at radius 3 is 2.18 bits per heavy atom. The molecule has 1 aromatic carbocycles. The number of benzene rings is 1. The van der Waals surface area contributed by atoms with Gasteiger partial charge in [0.15, 0.2) is 5.78 Å². The Morgan fingerprint density at radius 2 is 1.76 bits per heavy atom. The van der Waals surface area contributed by atoms with Gasteiger partial charge in [-0.15, -0.1) is 11.8 Å². The Morgan fingerprint density at radius 1 is 1.24 bits per heavy atom. The average molecular weight is 270 g/mol. The molecular weight excluding hydrogens is 252 g/mol. The van der Waals surface area contributed by atoms with Crippen LogP contribution in [0.25, 0.3) is 0 Å². The lowest BCUT2D eigenvalue weighted by molar-refractivity contribution is 0.101. The van der Waals surface area contributed by atoms with E-state index in [1.165, 1.54) is 11.8 Å². The van der Waals surface area contributed by atoms with Gasteiger partial charge < -0.3 is 0 Å². The molecule has 0 aromatic heterocycles. The first-order valence-corrected chi connectivity index (χ1v) is 7.90. The summed E-state index contributed by atoms with van der Waals surface area (Å²) in [6.07, 6.45) is 1.83. The first-order valence-electron chi connectivity index (χ1n) is 5.40. The standard InChI is InChI=1S/C13H18O2S2/c1-13(2,3)17(15)12(16-4)11(14)10-8-6-5-7-9-10/h5-9,12H,1-4H3. The molecule has 4 heteroatoms.